The van der Waals surface area contributed by atoms with E-state index in [0.717, 1.165) is 11.5 Å². The predicted molar refractivity (Wildman–Crippen MR) is 91.7 cm³/mol. The molecule has 0 N–H and O–H groups in total. The lowest BCUT2D eigenvalue weighted by molar-refractivity contribution is 0.173. The predicted octanol–water partition coefficient (Wildman–Crippen LogP) is 4.73. The maximum atomic E-state index is 5.90. The van der Waals surface area contributed by atoms with E-state index in [2.05, 4.69) is 0 Å². The second-order valence-electron chi connectivity index (χ2n) is 5.71. The minimum Gasteiger partial charge on any atom is -0.457 e. The van der Waals surface area contributed by atoms with Crippen molar-refractivity contribution in [1.29, 1.82) is 0 Å². The normalized spacial score (nSPS) is 13.5. The van der Waals surface area contributed by atoms with Gasteiger partial charge in [-0.1, -0.05) is 6.07 Å². The van der Waals surface area contributed by atoms with E-state index in [1.54, 1.807) is 12.1 Å². The van der Waals surface area contributed by atoms with Crippen molar-refractivity contribution in [2.24, 2.45) is 0 Å². The molecule has 0 saturated heterocycles. The monoisotopic (exact) mass is 350 g/mol. The summed E-state index contributed by atoms with van der Waals surface area (Å²) in [5.74, 6) is 5.42. The zero-order valence-corrected chi connectivity index (χ0v) is 13.6. The van der Waals surface area contributed by atoms with Crippen molar-refractivity contribution in [1.82, 2.24) is 0 Å². The fourth-order valence-corrected chi connectivity index (χ4v) is 2.75. The van der Waals surface area contributed by atoms with E-state index in [-0.39, 0.29) is 13.6 Å². The van der Waals surface area contributed by atoms with Crippen LogP contribution < -0.4 is 28.4 Å². The van der Waals surface area contributed by atoms with Crippen molar-refractivity contribution >= 4 is 0 Å². The smallest absolute Gasteiger partial charge is 0.231 e. The van der Waals surface area contributed by atoms with Crippen LogP contribution in [-0.2, 0) is 0 Å². The highest BCUT2D eigenvalue weighted by Gasteiger charge is 2.15. The first-order valence-corrected chi connectivity index (χ1v) is 8.09. The molecule has 5 rings (SSSR count). The molecule has 0 saturated carbocycles. The molecule has 3 aromatic carbocycles. The van der Waals surface area contributed by atoms with Gasteiger partial charge in [-0.05, 0) is 36.4 Å². The molecule has 2 aliphatic rings. The van der Waals surface area contributed by atoms with Gasteiger partial charge in [-0.25, -0.2) is 0 Å². The Morgan fingerprint density at radius 3 is 1.50 bits per heavy atom. The standard InChI is InChI=1S/C20H14O6/c1-2-13(25-15-4-6-17-19(9-15)23-11-21-17)8-14(3-1)26-16-5-7-18-20(10-16)24-12-22-18/h1-10H,11-12H2. The van der Waals surface area contributed by atoms with E-state index in [1.165, 1.54) is 0 Å². The minimum absolute atomic E-state index is 0.234. The van der Waals surface area contributed by atoms with Crippen LogP contribution in [0.15, 0.2) is 60.7 Å². The molecule has 6 heteroatoms. The van der Waals surface area contributed by atoms with E-state index in [9.17, 15) is 0 Å². The molecule has 0 radical (unpaired) electrons. The topological polar surface area (TPSA) is 55.4 Å². The summed E-state index contributed by atoms with van der Waals surface area (Å²) < 4.78 is 33.1. The van der Waals surface area contributed by atoms with E-state index in [4.69, 9.17) is 28.4 Å². The molecule has 0 unspecified atom stereocenters. The summed E-state index contributed by atoms with van der Waals surface area (Å²) in [7, 11) is 0. The number of fused-ring (bicyclic) bond motifs is 2. The Hall–Kier alpha value is -3.54. The van der Waals surface area contributed by atoms with Gasteiger partial charge in [0.1, 0.15) is 23.0 Å². The van der Waals surface area contributed by atoms with Crippen molar-refractivity contribution in [3.8, 4) is 46.0 Å². The Morgan fingerprint density at radius 1 is 0.500 bits per heavy atom. The summed E-state index contributed by atoms with van der Waals surface area (Å²) in [5.41, 5.74) is 0. The maximum Gasteiger partial charge on any atom is 0.231 e. The first-order valence-electron chi connectivity index (χ1n) is 8.09. The Labute approximate surface area is 149 Å². The number of hydrogen-bond donors (Lipinski definition) is 0. The highest BCUT2D eigenvalue weighted by molar-refractivity contribution is 5.50. The molecule has 0 amide bonds. The maximum absolute atomic E-state index is 5.90. The molecular formula is C20H14O6. The van der Waals surface area contributed by atoms with Crippen LogP contribution in [0.5, 0.6) is 46.0 Å². The molecule has 3 aromatic rings. The lowest BCUT2D eigenvalue weighted by Gasteiger charge is -2.10. The summed E-state index contributed by atoms with van der Waals surface area (Å²) in [6.45, 7) is 0.468. The van der Waals surface area contributed by atoms with E-state index >= 15 is 0 Å². The van der Waals surface area contributed by atoms with E-state index in [1.807, 2.05) is 48.5 Å². The summed E-state index contributed by atoms with van der Waals surface area (Å²) >= 11 is 0. The van der Waals surface area contributed by atoms with Crippen molar-refractivity contribution in [2.45, 2.75) is 0 Å². The van der Waals surface area contributed by atoms with Crippen LogP contribution in [0.2, 0.25) is 0 Å². The molecule has 26 heavy (non-hydrogen) atoms. The SMILES string of the molecule is c1cc(Oc2ccc3c(c2)OCO3)cc(Oc2ccc3c(c2)OCO3)c1. The third-order valence-electron chi connectivity index (χ3n) is 3.96. The van der Waals surface area contributed by atoms with Crippen LogP contribution in [0.4, 0.5) is 0 Å². The van der Waals surface area contributed by atoms with Gasteiger partial charge in [-0.3, -0.25) is 0 Å². The second kappa shape index (κ2) is 6.07. The number of ether oxygens (including phenoxy) is 6. The molecule has 6 nitrogen and oxygen atoms in total. The Morgan fingerprint density at radius 2 is 0.962 bits per heavy atom. The van der Waals surface area contributed by atoms with Gasteiger partial charge >= 0.3 is 0 Å². The number of hydrogen-bond acceptors (Lipinski definition) is 6. The van der Waals surface area contributed by atoms with Crippen LogP contribution in [0.25, 0.3) is 0 Å². The van der Waals surface area contributed by atoms with E-state index < -0.39 is 0 Å². The van der Waals surface area contributed by atoms with Gasteiger partial charge in [0.2, 0.25) is 13.6 Å². The van der Waals surface area contributed by atoms with Crippen molar-refractivity contribution in [3.05, 3.63) is 60.7 Å². The highest BCUT2D eigenvalue weighted by Crippen LogP contribution is 2.39. The quantitative estimate of drug-likeness (QED) is 0.678. The lowest BCUT2D eigenvalue weighted by atomic mass is 10.3. The van der Waals surface area contributed by atoms with Crippen molar-refractivity contribution in [3.63, 3.8) is 0 Å². The fraction of sp³-hybridized carbons (Fsp3) is 0.100. The molecule has 0 aromatic heterocycles. The molecule has 0 atom stereocenters. The van der Waals surface area contributed by atoms with Gasteiger partial charge in [-0.15, -0.1) is 0 Å². The molecule has 130 valence electrons. The van der Waals surface area contributed by atoms with Crippen LogP contribution in [0.1, 0.15) is 0 Å². The highest BCUT2D eigenvalue weighted by atomic mass is 16.7. The average molecular weight is 350 g/mol. The van der Waals surface area contributed by atoms with Gasteiger partial charge in [0, 0.05) is 18.2 Å². The van der Waals surface area contributed by atoms with Crippen LogP contribution in [-0.4, -0.2) is 13.6 Å². The lowest BCUT2D eigenvalue weighted by Crippen LogP contribution is -1.92. The third-order valence-corrected chi connectivity index (χ3v) is 3.96. The van der Waals surface area contributed by atoms with Crippen LogP contribution >= 0.6 is 0 Å². The Balaban J connectivity index is 1.34. The molecule has 0 fully saturated rings. The molecule has 0 aliphatic carbocycles. The minimum atomic E-state index is 0.234. The third kappa shape index (κ3) is 2.82. The number of rotatable bonds is 4. The van der Waals surface area contributed by atoms with E-state index in [0.29, 0.717) is 34.5 Å². The van der Waals surface area contributed by atoms with Gasteiger partial charge in [-0.2, -0.15) is 0 Å². The van der Waals surface area contributed by atoms with Gasteiger partial charge in [0.25, 0.3) is 0 Å². The van der Waals surface area contributed by atoms with Crippen LogP contribution in [0, 0.1) is 0 Å². The summed E-state index contributed by atoms with van der Waals surface area (Å²) in [6.07, 6.45) is 0. The first-order chi connectivity index (χ1) is 12.8. The van der Waals surface area contributed by atoms with Gasteiger partial charge in [0.15, 0.2) is 23.0 Å². The van der Waals surface area contributed by atoms with Crippen molar-refractivity contribution < 1.29 is 28.4 Å². The summed E-state index contributed by atoms with van der Waals surface area (Å²) in [6, 6.07) is 18.3. The first kappa shape index (κ1) is 14.8. The second-order valence-corrected chi connectivity index (χ2v) is 5.71. The Bertz CT molecular complexity index is 894. The summed E-state index contributed by atoms with van der Waals surface area (Å²) in [5, 5.41) is 0. The molecule has 2 aliphatic heterocycles. The summed E-state index contributed by atoms with van der Waals surface area (Å²) in [4.78, 5) is 0. The molecule has 2 heterocycles. The average Bonchev–Trinajstić information content (AvgIpc) is 3.30. The Kier molecular flexibility index (Phi) is 3.45. The van der Waals surface area contributed by atoms with Gasteiger partial charge < -0.3 is 28.4 Å². The molecule has 0 spiro atoms. The molecular weight excluding hydrogens is 336 g/mol. The van der Waals surface area contributed by atoms with Gasteiger partial charge in [0.05, 0.1) is 0 Å². The molecule has 0 bridgehead atoms. The van der Waals surface area contributed by atoms with Crippen LogP contribution in [0.3, 0.4) is 0 Å². The zero-order valence-electron chi connectivity index (χ0n) is 13.6. The van der Waals surface area contributed by atoms with Crippen molar-refractivity contribution in [2.75, 3.05) is 13.6 Å². The zero-order chi connectivity index (χ0) is 17.3. The fourth-order valence-electron chi connectivity index (χ4n) is 2.75. The number of benzene rings is 3. The largest absolute Gasteiger partial charge is 0.457 e.